The maximum atomic E-state index is 6.14. The van der Waals surface area contributed by atoms with Crippen LogP contribution in [0.1, 0.15) is 12.0 Å². The van der Waals surface area contributed by atoms with E-state index in [1.54, 1.807) is 0 Å². The summed E-state index contributed by atoms with van der Waals surface area (Å²) in [6.07, 6.45) is 4.30. The molecule has 0 spiro atoms. The molecule has 2 rings (SSSR count). The minimum atomic E-state index is -1.54. The Morgan fingerprint density at radius 2 is 2.15 bits per heavy atom. The van der Waals surface area contributed by atoms with E-state index >= 15 is 0 Å². The summed E-state index contributed by atoms with van der Waals surface area (Å²) in [6, 6.07) is 8.36. The fourth-order valence-corrected chi connectivity index (χ4v) is 3.21. The van der Waals surface area contributed by atoms with Crippen LogP contribution in [0.15, 0.2) is 29.3 Å². The average molecular weight is 290 g/mol. The highest BCUT2D eigenvalue weighted by Crippen LogP contribution is 2.22. The Balaban J connectivity index is 1.88. The summed E-state index contributed by atoms with van der Waals surface area (Å²) >= 11 is 0. The van der Waals surface area contributed by atoms with E-state index in [0.29, 0.717) is 5.92 Å². The highest BCUT2D eigenvalue weighted by atomic mass is 28.4. The van der Waals surface area contributed by atoms with Gasteiger partial charge in [-0.25, -0.2) is 0 Å². The summed E-state index contributed by atoms with van der Waals surface area (Å²) in [5, 5.41) is 3.36. The number of para-hydroxylation sites is 1. The predicted molar refractivity (Wildman–Crippen MR) is 88.5 cm³/mol. The monoisotopic (exact) mass is 290 g/mol. The van der Waals surface area contributed by atoms with Gasteiger partial charge in [-0.1, -0.05) is 18.2 Å². The fourth-order valence-electron chi connectivity index (χ4n) is 2.35. The number of aliphatic imine (C=N–C) groups is 1. The van der Waals surface area contributed by atoms with Crippen molar-refractivity contribution < 1.29 is 4.43 Å². The number of rotatable bonds is 6. The van der Waals surface area contributed by atoms with Crippen LogP contribution in [0.3, 0.4) is 0 Å². The summed E-state index contributed by atoms with van der Waals surface area (Å²) < 4.78 is 6.14. The van der Waals surface area contributed by atoms with Crippen LogP contribution in [0.5, 0.6) is 5.75 Å². The maximum Gasteiger partial charge on any atom is 0.242 e. The van der Waals surface area contributed by atoms with Gasteiger partial charge in [-0.2, -0.15) is 0 Å². The molecule has 1 aliphatic rings. The number of hydrogen-bond acceptors (Lipinski definition) is 3. The Bertz CT molecular complexity index is 448. The van der Waals surface area contributed by atoms with Gasteiger partial charge in [-0.05, 0) is 50.7 Å². The maximum absolute atomic E-state index is 6.14. The zero-order valence-electron chi connectivity index (χ0n) is 12.9. The number of nitrogens with zero attached hydrogens (tertiary/aromatic N) is 1. The van der Waals surface area contributed by atoms with Crippen molar-refractivity contribution in [2.45, 2.75) is 32.5 Å². The van der Waals surface area contributed by atoms with E-state index in [-0.39, 0.29) is 0 Å². The van der Waals surface area contributed by atoms with Gasteiger partial charge >= 0.3 is 0 Å². The smallest absolute Gasteiger partial charge is 0.242 e. The van der Waals surface area contributed by atoms with Crippen LogP contribution in [-0.2, 0) is 6.42 Å². The molecule has 1 unspecified atom stereocenters. The Morgan fingerprint density at radius 3 is 2.85 bits per heavy atom. The van der Waals surface area contributed by atoms with E-state index in [2.05, 4.69) is 54.4 Å². The third-order valence-electron chi connectivity index (χ3n) is 3.31. The van der Waals surface area contributed by atoms with Crippen LogP contribution in [0.25, 0.3) is 0 Å². The second-order valence-electron chi connectivity index (χ2n) is 6.38. The first-order valence-electron chi connectivity index (χ1n) is 7.52. The second kappa shape index (κ2) is 7.04. The molecule has 20 heavy (non-hydrogen) atoms. The van der Waals surface area contributed by atoms with Crippen molar-refractivity contribution in [3.63, 3.8) is 0 Å². The quantitative estimate of drug-likeness (QED) is 0.645. The molecule has 1 atom stereocenters. The Kier molecular flexibility index (Phi) is 5.37. The molecule has 0 aromatic heterocycles. The SMILES string of the molecule is C[Si](C)(C)Oc1ccccc1CCN=CC1CCNC1. The van der Waals surface area contributed by atoms with Gasteiger partial charge in [0.1, 0.15) is 5.75 Å². The molecule has 1 fully saturated rings. The van der Waals surface area contributed by atoms with Crippen LogP contribution < -0.4 is 9.74 Å². The molecule has 0 aliphatic carbocycles. The molecule has 4 heteroatoms. The molecule has 1 N–H and O–H groups in total. The minimum absolute atomic E-state index is 0.628. The first-order valence-corrected chi connectivity index (χ1v) is 10.9. The Hall–Kier alpha value is -1.13. The molecule has 110 valence electrons. The number of benzene rings is 1. The van der Waals surface area contributed by atoms with E-state index < -0.39 is 8.32 Å². The summed E-state index contributed by atoms with van der Waals surface area (Å²) in [5.41, 5.74) is 1.27. The summed E-state index contributed by atoms with van der Waals surface area (Å²) in [7, 11) is -1.54. The first kappa shape index (κ1) is 15.3. The van der Waals surface area contributed by atoms with Crippen molar-refractivity contribution in [1.82, 2.24) is 5.32 Å². The molecular formula is C16H26N2OSi. The minimum Gasteiger partial charge on any atom is -0.544 e. The van der Waals surface area contributed by atoms with Gasteiger partial charge in [0, 0.05) is 25.2 Å². The van der Waals surface area contributed by atoms with Gasteiger partial charge in [-0.15, -0.1) is 0 Å². The molecule has 1 aromatic carbocycles. The molecule has 1 aliphatic heterocycles. The normalized spacial score (nSPS) is 19.6. The van der Waals surface area contributed by atoms with Crippen LogP contribution in [0.2, 0.25) is 19.6 Å². The van der Waals surface area contributed by atoms with Gasteiger partial charge < -0.3 is 9.74 Å². The highest BCUT2D eigenvalue weighted by Gasteiger charge is 2.17. The lowest BCUT2D eigenvalue weighted by Gasteiger charge is -2.21. The molecule has 0 amide bonds. The van der Waals surface area contributed by atoms with Crippen LogP contribution in [0, 0.1) is 5.92 Å². The van der Waals surface area contributed by atoms with Gasteiger partial charge in [0.15, 0.2) is 0 Å². The van der Waals surface area contributed by atoms with Crippen LogP contribution >= 0.6 is 0 Å². The van der Waals surface area contributed by atoms with E-state index in [1.165, 1.54) is 12.0 Å². The molecule has 1 heterocycles. The van der Waals surface area contributed by atoms with Crippen molar-refractivity contribution >= 4 is 14.5 Å². The first-order chi connectivity index (χ1) is 9.54. The van der Waals surface area contributed by atoms with Crippen molar-refractivity contribution in [3.05, 3.63) is 29.8 Å². The van der Waals surface area contributed by atoms with Crippen molar-refractivity contribution in [1.29, 1.82) is 0 Å². The molecule has 3 nitrogen and oxygen atoms in total. The van der Waals surface area contributed by atoms with Crippen LogP contribution in [0.4, 0.5) is 0 Å². The van der Waals surface area contributed by atoms with Gasteiger partial charge in [0.05, 0.1) is 0 Å². The van der Waals surface area contributed by atoms with Crippen molar-refractivity contribution in [2.24, 2.45) is 10.9 Å². The molecule has 0 saturated carbocycles. The zero-order valence-corrected chi connectivity index (χ0v) is 13.9. The molecule has 0 radical (unpaired) electrons. The highest BCUT2D eigenvalue weighted by molar-refractivity contribution is 6.70. The second-order valence-corrected chi connectivity index (χ2v) is 10.8. The standard InChI is InChI=1S/C16H26N2OSi/c1-20(2,3)19-16-7-5-4-6-15(16)9-11-18-13-14-8-10-17-12-14/h4-7,13-14,17H,8-12H2,1-3H3. The van der Waals surface area contributed by atoms with E-state index in [1.807, 2.05) is 6.07 Å². The summed E-state index contributed by atoms with van der Waals surface area (Å²) in [5.74, 6) is 1.67. The molecule has 0 bridgehead atoms. The van der Waals surface area contributed by atoms with E-state index in [4.69, 9.17) is 4.43 Å². The summed E-state index contributed by atoms with van der Waals surface area (Å²) in [4.78, 5) is 4.58. The van der Waals surface area contributed by atoms with Crippen molar-refractivity contribution in [3.8, 4) is 5.75 Å². The lowest BCUT2D eigenvalue weighted by molar-refractivity contribution is 0.549. The van der Waals surface area contributed by atoms with Gasteiger partial charge in [-0.3, -0.25) is 4.99 Å². The summed E-state index contributed by atoms with van der Waals surface area (Å²) in [6.45, 7) is 9.71. The Labute approximate surface area is 123 Å². The van der Waals surface area contributed by atoms with Crippen molar-refractivity contribution in [2.75, 3.05) is 19.6 Å². The average Bonchev–Trinajstić information content (AvgIpc) is 2.88. The molecule has 1 saturated heterocycles. The third kappa shape index (κ3) is 5.10. The molecule has 1 aromatic rings. The van der Waals surface area contributed by atoms with Crippen LogP contribution in [-0.4, -0.2) is 34.2 Å². The van der Waals surface area contributed by atoms with Gasteiger partial charge in [0.25, 0.3) is 0 Å². The van der Waals surface area contributed by atoms with E-state index in [0.717, 1.165) is 31.8 Å². The number of nitrogens with one attached hydrogen (secondary N) is 1. The van der Waals surface area contributed by atoms with E-state index in [9.17, 15) is 0 Å². The topological polar surface area (TPSA) is 33.6 Å². The number of hydrogen-bond donors (Lipinski definition) is 1. The lowest BCUT2D eigenvalue weighted by atomic mass is 10.1. The van der Waals surface area contributed by atoms with Gasteiger partial charge in [0.2, 0.25) is 8.32 Å². The largest absolute Gasteiger partial charge is 0.544 e. The molecular weight excluding hydrogens is 264 g/mol. The fraction of sp³-hybridized carbons (Fsp3) is 0.562. The predicted octanol–water partition coefficient (Wildman–Crippen LogP) is 3.12. The Morgan fingerprint density at radius 1 is 1.35 bits per heavy atom. The third-order valence-corrected chi connectivity index (χ3v) is 4.15. The lowest BCUT2D eigenvalue weighted by Crippen LogP contribution is -2.29. The zero-order chi connectivity index (χ0) is 14.4.